The predicted molar refractivity (Wildman–Crippen MR) is 46.9 cm³/mol. The van der Waals surface area contributed by atoms with E-state index in [0.29, 0.717) is 5.75 Å². The van der Waals surface area contributed by atoms with E-state index in [4.69, 9.17) is 0 Å². The molecule has 1 atom stereocenters. The molecule has 0 spiro atoms. The van der Waals surface area contributed by atoms with E-state index < -0.39 is 9.92 Å². The lowest BCUT2D eigenvalue weighted by Crippen LogP contribution is -2.24. The molecule has 0 aromatic carbocycles. The predicted octanol–water partition coefficient (Wildman–Crippen LogP) is 0.711. The van der Waals surface area contributed by atoms with Gasteiger partial charge in [0.1, 0.15) is 9.92 Å². The quantitative estimate of drug-likeness (QED) is 0.450. The summed E-state index contributed by atoms with van der Waals surface area (Å²) in [4.78, 5) is 0. The number of hydrogen-bond donors (Lipinski definition) is 0. The topological polar surface area (TPSA) is 45.0 Å². The van der Waals surface area contributed by atoms with E-state index in [1.54, 1.807) is 0 Å². The van der Waals surface area contributed by atoms with Gasteiger partial charge in [-0.15, -0.1) is 0 Å². The van der Waals surface area contributed by atoms with Crippen LogP contribution in [0.15, 0.2) is 9.57 Å². The van der Waals surface area contributed by atoms with Crippen LogP contribution in [0.3, 0.4) is 0 Å². The minimum Gasteiger partial charge on any atom is -0.232 e. The van der Waals surface area contributed by atoms with Crippen molar-refractivity contribution in [2.75, 3.05) is 18.8 Å². The highest BCUT2D eigenvalue weighted by Gasteiger charge is 2.24. The normalized spacial score (nSPS) is 32.1. The SMILES string of the molecule is C=NN=S1(=O)CCCN1CC. The molecule has 1 rings (SSSR count). The van der Waals surface area contributed by atoms with Gasteiger partial charge in [0.25, 0.3) is 0 Å². The monoisotopic (exact) mass is 175 g/mol. The zero-order valence-electron chi connectivity index (χ0n) is 6.69. The Hall–Kier alpha value is -0.420. The van der Waals surface area contributed by atoms with Crippen molar-refractivity contribution in [3.05, 3.63) is 0 Å². The highest BCUT2D eigenvalue weighted by Crippen LogP contribution is 2.15. The van der Waals surface area contributed by atoms with Crippen LogP contribution in [0.1, 0.15) is 13.3 Å². The summed E-state index contributed by atoms with van der Waals surface area (Å²) >= 11 is 0. The molecule has 1 fully saturated rings. The van der Waals surface area contributed by atoms with Gasteiger partial charge in [0, 0.05) is 25.6 Å². The molecule has 0 aromatic rings. The van der Waals surface area contributed by atoms with Crippen molar-refractivity contribution in [2.45, 2.75) is 13.3 Å². The van der Waals surface area contributed by atoms with Crippen LogP contribution >= 0.6 is 0 Å². The van der Waals surface area contributed by atoms with Gasteiger partial charge in [-0.25, -0.2) is 8.51 Å². The molecule has 5 heteroatoms. The Bertz CT molecular complexity index is 255. The van der Waals surface area contributed by atoms with Crippen LogP contribution in [0.25, 0.3) is 0 Å². The largest absolute Gasteiger partial charge is 0.232 e. The van der Waals surface area contributed by atoms with Crippen molar-refractivity contribution < 1.29 is 4.21 Å². The lowest BCUT2D eigenvalue weighted by molar-refractivity contribution is 0.493. The number of nitrogens with zero attached hydrogens (tertiary/aromatic N) is 3. The van der Waals surface area contributed by atoms with Crippen LogP contribution in [0.5, 0.6) is 0 Å². The number of rotatable bonds is 2. The first-order valence-electron chi connectivity index (χ1n) is 3.68. The van der Waals surface area contributed by atoms with Crippen LogP contribution < -0.4 is 0 Å². The van der Waals surface area contributed by atoms with Gasteiger partial charge in [0.05, 0.1) is 0 Å². The molecular weight excluding hydrogens is 162 g/mol. The summed E-state index contributed by atoms with van der Waals surface area (Å²) in [5.41, 5.74) is 0. The van der Waals surface area contributed by atoms with Gasteiger partial charge >= 0.3 is 0 Å². The van der Waals surface area contributed by atoms with E-state index in [0.717, 1.165) is 19.5 Å². The molecule has 11 heavy (non-hydrogen) atoms. The summed E-state index contributed by atoms with van der Waals surface area (Å²) in [6, 6.07) is 0. The van der Waals surface area contributed by atoms with Gasteiger partial charge in [0.15, 0.2) is 0 Å². The van der Waals surface area contributed by atoms with E-state index in [2.05, 4.69) is 16.3 Å². The van der Waals surface area contributed by atoms with Gasteiger partial charge in [-0.05, 0) is 6.42 Å². The van der Waals surface area contributed by atoms with E-state index in [-0.39, 0.29) is 0 Å². The van der Waals surface area contributed by atoms with Crippen molar-refractivity contribution in [3.8, 4) is 0 Å². The summed E-state index contributed by atoms with van der Waals surface area (Å²) in [7, 11) is -2.17. The van der Waals surface area contributed by atoms with E-state index in [1.165, 1.54) is 0 Å². The van der Waals surface area contributed by atoms with Crippen molar-refractivity contribution in [1.82, 2.24) is 4.31 Å². The molecule has 4 nitrogen and oxygen atoms in total. The molecule has 1 heterocycles. The van der Waals surface area contributed by atoms with Crippen LogP contribution in [-0.4, -0.2) is 34.1 Å². The molecule has 1 aliphatic rings. The maximum absolute atomic E-state index is 11.8. The molecule has 0 aromatic heterocycles. The second-order valence-electron chi connectivity index (χ2n) is 2.41. The summed E-state index contributed by atoms with van der Waals surface area (Å²) in [6.07, 6.45) is 0.950. The minimum absolute atomic E-state index is 0.639. The van der Waals surface area contributed by atoms with Gasteiger partial charge in [-0.2, -0.15) is 5.10 Å². The first-order chi connectivity index (χ1) is 5.23. The van der Waals surface area contributed by atoms with Gasteiger partial charge in [0.2, 0.25) is 0 Å². The lowest BCUT2D eigenvalue weighted by atomic mass is 10.5. The zero-order chi connectivity index (χ0) is 8.32. The van der Waals surface area contributed by atoms with Gasteiger partial charge in [-0.1, -0.05) is 11.4 Å². The standard InChI is InChI=1S/C6H13N3OS/c1-3-9-5-4-6-11(9,10)8-7-2/h2-6H2,1H3. The van der Waals surface area contributed by atoms with Crippen LogP contribution in [-0.2, 0) is 9.92 Å². The van der Waals surface area contributed by atoms with Crippen LogP contribution in [0.2, 0.25) is 0 Å². The number of hydrogen-bond acceptors (Lipinski definition) is 2. The maximum atomic E-state index is 11.8. The van der Waals surface area contributed by atoms with Crippen molar-refractivity contribution in [1.29, 1.82) is 0 Å². The molecular formula is C6H13N3OS. The summed E-state index contributed by atoms with van der Waals surface area (Å²) in [5, 5.41) is 3.35. The fraction of sp³-hybridized carbons (Fsp3) is 0.833. The van der Waals surface area contributed by atoms with E-state index in [1.807, 2.05) is 11.2 Å². The third-order valence-electron chi connectivity index (χ3n) is 1.76. The fourth-order valence-corrected chi connectivity index (χ4v) is 3.19. The Morgan fingerprint density at radius 3 is 3.00 bits per heavy atom. The zero-order valence-corrected chi connectivity index (χ0v) is 7.51. The molecule has 0 amide bonds. The van der Waals surface area contributed by atoms with Gasteiger partial charge < -0.3 is 0 Å². The first kappa shape index (κ1) is 8.67. The molecule has 0 aliphatic carbocycles. The lowest BCUT2D eigenvalue weighted by Gasteiger charge is -2.13. The third-order valence-corrected chi connectivity index (χ3v) is 4.20. The molecule has 64 valence electrons. The fourth-order valence-electron chi connectivity index (χ4n) is 1.24. The van der Waals surface area contributed by atoms with Crippen LogP contribution in [0, 0.1) is 0 Å². The Morgan fingerprint density at radius 2 is 2.45 bits per heavy atom. The molecule has 0 N–H and O–H groups in total. The average Bonchev–Trinajstić information content (AvgIpc) is 2.31. The Balaban J connectivity index is 2.93. The second kappa shape index (κ2) is 3.32. The highest BCUT2D eigenvalue weighted by atomic mass is 32.2. The Kier molecular flexibility index (Phi) is 2.62. The first-order valence-corrected chi connectivity index (χ1v) is 5.32. The second-order valence-corrected chi connectivity index (χ2v) is 4.71. The Labute approximate surface area is 67.6 Å². The molecule has 1 saturated heterocycles. The minimum atomic E-state index is -2.17. The van der Waals surface area contributed by atoms with E-state index in [9.17, 15) is 4.21 Å². The van der Waals surface area contributed by atoms with Crippen molar-refractivity contribution in [2.24, 2.45) is 9.57 Å². The Morgan fingerprint density at radius 1 is 1.73 bits per heavy atom. The highest BCUT2D eigenvalue weighted by molar-refractivity contribution is 7.91. The summed E-state index contributed by atoms with van der Waals surface area (Å²) in [6.45, 7) is 6.84. The molecule has 1 unspecified atom stereocenters. The van der Waals surface area contributed by atoms with Crippen molar-refractivity contribution >= 4 is 16.6 Å². The maximum Gasteiger partial charge on any atom is 0.133 e. The molecule has 0 bridgehead atoms. The molecule has 1 aliphatic heterocycles. The van der Waals surface area contributed by atoms with Gasteiger partial charge in [-0.3, -0.25) is 0 Å². The third kappa shape index (κ3) is 1.59. The molecule has 0 radical (unpaired) electrons. The smallest absolute Gasteiger partial charge is 0.133 e. The molecule has 0 saturated carbocycles. The summed E-state index contributed by atoms with van der Waals surface area (Å²) < 4.78 is 17.3. The van der Waals surface area contributed by atoms with E-state index >= 15 is 0 Å². The average molecular weight is 175 g/mol. The van der Waals surface area contributed by atoms with Crippen molar-refractivity contribution in [3.63, 3.8) is 0 Å². The van der Waals surface area contributed by atoms with Crippen LogP contribution in [0.4, 0.5) is 0 Å². The summed E-state index contributed by atoms with van der Waals surface area (Å²) in [5.74, 6) is 0.639.